The first kappa shape index (κ1) is 18.9. The van der Waals surface area contributed by atoms with Gasteiger partial charge in [-0.1, -0.05) is 34.8 Å². The number of hydrogen-bond donors (Lipinski definition) is 2. The molecule has 0 bridgehead atoms. The average Bonchev–Trinajstić information content (AvgIpc) is 2.54. The van der Waals surface area contributed by atoms with E-state index >= 15 is 0 Å². The third-order valence-corrected chi connectivity index (χ3v) is 4.16. The molecule has 2 aromatic carbocycles. The van der Waals surface area contributed by atoms with Crippen LogP contribution in [0.25, 0.3) is 0 Å². The Balaban J connectivity index is 1.86. The molecule has 0 aromatic heterocycles. The lowest BCUT2D eigenvalue weighted by atomic mass is 10.2. The van der Waals surface area contributed by atoms with E-state index in [4.69, 9.17) is 39.5 Å². The molecule has 9 heteroatoms. The van der Waals surface area contributed by atoms with E-state index in [0.29, 0.717) is 20.3 Å². The molecule has 0 radical (unpaired) electrons. The second-order valence-corrected chi connectivity index (χ2v) is 6.62. The number of ether oxygens (including phenoxy) is 1. The van der Waals surface area contributed by atoms with E-state index < -0.39 is 11.8 Å². The van der Waals surface area contributed by atoms with Crippen LogP contribution >= 0.6 is 50.7 Å². The Kier molecular flexibility index (Phi) is 6.74. The predicted molar refractivity (Wildman–Crippen MR) is 96.7 cm³/mol. The molecule has 0 heterocycles. The van der Waals surface area contributed by atoms with E-state index in [2.05, 4.69) is 26.8 Å². The fraction of sp³-hybridized carbons (Fsp3) is 0.0667. The van der Waals surface area contributed by atoms with Crippen molar-refractivity contribution in [3.05, 3.63) is 61.5 Å². The fourth-order valence-corrected chi connectivity index (χ4v) is 2.81. The lowest BCUT2D eigenvalue weighted by Crippen LogP contribution is -2.43. The number of nitrogens with one attached hydrogen (secondary N) is 2. The zero-order valence-electron chi connectivity index (χ0n) is 11.9. The summed E-state index contributed by atoms with van der Waals surface area (Å²) in [5, 5.41) is 1.10. The molecule has 2 amide bonds. The maximum Gasteiger partial charge on any atom is 0.276 e. The van der Waals surface area contributed by atoms with Crippen molar-refractivity contribution < 1.29 is 14.3 Å². The monoisotopic (exact) mass is 450 g/mol. The van der Waals surface area contributed by atoms with Gasteiger partial charge in [-0.15, -0.1) is 0 Å². The quantitative estimate of drug-likeness (QED) is 0.682. The highest BCUT2D eigenvalue weighted by molar-refractivity contribution is 9.10. The predicted octanol–water partition coefficient (Wildman–Crippen LogP) is 4.25. The number of benzene rings is 2. The minimum Gasteiger partial charge on any atom is -0.483 e. The van der Waals surface area contributed by atoms with Crippen LogP contribution in [0, 0.1) is 0 Å². The van der Waals surface area contributed by atoms with Gasteiger partial charge in [0.05, 0.1) is 15.1 Å². The third kappa shape index (κ3) is 5.27. The van der Waals surface area contributed by atoms with E-state index in [1.807, 2.05) is 0 Å². The maximum atomic E-state index is 12.0. The first-order valence-corrected chi connectivity index (χ1v) is 8.41. The van der Waals surface area contributed by atoms with E-state index in [0.717, 1.165) is 0 Å². The van der Waals surface area contributed by atoms with Crippen molar-refractivity contribution in [3.63, 3.8) is 0 Å². The highest BCUT2D eigenvalue weighted by Gasteiger charge is 2.12. The molecule has 0 atom stereocenters. The summed E-state index contributed by atoms with van der Waals surface area (Å²) in [6.07, 6.45) is 0. The van der Waals surface area contributed by atoms with Gasteiger partial charge in [0.15, 0.2) is 6.61 Å². The lowest BCUT2D eigenvalue weighted by molar-refractivity contribution is -0.123. The summed E-state index contributed by atoms with van der Waals surface area (Å²) in [6.45, 7) is -0.302. The first-order chi connectivity index (χ1) is 11.4. The summed E-state index contributed by atoms with van der Waals surface area (Å²) in [7, 11) is 0. The molecule has 0 fully saturated rings. The Morgan fingerprint density at radius 3 is 2.38 bits per heavy atom. The maximum absolute atomic E-state index is 12.0. The van der Waals surface area contributed by atoms with Gasteiger partial charge >= 0.3 is 0 Å². The van der Waals surface area contributed by atoms with Crippen LogP contribution < -0.4 is 15.6 Å². The van der Waals surface area contributed by atoms with Gasteiger partial charge in [-0.05, 0) is 52.3 Å². The van der Waals surface area contributed by atoms with Crippen LogP contribution in [-0.4, -0.2) is 18.4 Å². The normalized spacial score (nSPS) is 10.2. The van der Waals surface area contributed by atoms with Crippen molar-refractivity contribution in [2.75, 3.05) is 6.61 Å². The van der Waals surface area contributed by atoms with Gasteiger partial charge in [0.25, 0.3) is 11.8 Å². The van der Waals surface area contributed by atoms with Gasteiger partial charge in [-0.25, -0.2) is 0 Å². The van der Waals surface area contributed by atoms with Crippen LogP contribution in [0.3, 0.4) is 0 Å². The number of hydrogen-bond acceptors (Lipinski definition) is 3. The molecule has 0 unspecified atom stereocenters. The molecule has 2 aromatic rings. The van der Waals surface area contributed by atoms with E-state index in [1.165, 1.54) is 12.1 Å². The van der Waals surface area contributed by atoms with Gasteiger partial charge in [0.1, 0.15) is 5.75 Å². The van der Waals surface area contributed by atoms with Gasteiger partial charge in [-0.3, -0.25) is 20.4 Å². The van der Waals surface area contributed by atoms with Crippen LogP contribution in [0.2, 0.25) is 15.1 Å². The van der Waals surface area contributed by atoms with Crippen molar-refractivity contribution in [3.8, 4) is 5.75 Å². The first-order valence-electron chi connectivity index (χ1n) is 6.49. The van der Waals surface area contributed by atoms with Crippen LogP contribution in [0.4, 0.5) is 0 Å². The Hall–Kier alpha value is -1.47. The molecule has 0 aliphatic carbocycles. The molecule has 0 spiro atoms. The molecule has 126 valence electrons. The molecule has 2 rings (SSSR count). The number of carbonyl (C=O) groups excluding carboxylic acids is 2. The molecule has 0 aliphatic rings. The summed E-state index contributed by atoms with van der Waals surface area (Å²) in [4.78, 5) is 23.7. The second kappa shape index (κ2) is 8.58. The topological polar surface area (TPSA) is 67.4 Å². The summed E-state index contributed by atoms with van der Waals surface area (Å²) in [5.41, 5.74) is 4.60. The minimum atomic E-state index is -0.594. The van der Waals surface area contributed by atoms with Gasteiger partial charge in [-0.2, -0.15) is 0 Å². The van der Waals surface area contributed by atoms with Crippen molar-refractivity contribution in [1.82, 2.24) is 10.9 Å². The molecule has 0 aliphatic heterocycles. The SMILES string of the molecule is O=C(COc1ccc(Cl)cc1Br)NNC(=O)c1cc(Cl)ccc1Cl. The molecule has 0 saturated heterocycles. The molecule has 5 nitrogen and oxygen atoms in total. The Morgan fingerprint density at radius 1 is 1.00 bits per heavy atom. The lowest BCUT2D eigenvalue weighted by Gasteiger charge is -2.10. The summed E-state index contributed by atoms with van der Waals surface area (Å²) >= 11 is 20.8. The van der Waals surface area contributed by atoms with Gasteiger partial charge in [0, 0.05) is 10.0 Å². The average molecular weight is 453 g/mol. The van der Waals surface area contributed by atoms with Crippen LogP contribution in [-0.2, 0) is 4.79 Å². The van der Waals surface area contributed by atoms with E-state index in [-0.39, 0.29) is 17.2 Å². The Bertz CT molecular complexity index is 787. The largest absolute Gasteiger partial charge is 0.483 e. The molecule has 2 N–H and O–H groups in total. The van der Waals surface area contributed by atoms with Gasteiger partial charge in [0.2, 0.25) is 0 Å². The minimum absolute atomic E-state index is 0.144. The molecule has 24 heavy (non-hydrogen) atoms. The van der Waals surface area contributed by atoms with Crippen molar-refractivity contribution in [1.29, 1.82) is 0 Å². The van der Waals surface area contributed by atoms with Crippen molar-refractivity contribution in [2.24, 2.45) is 0 Å². The van der Waals surface area contributed by atoms with E-state index in [1.54, 1.807) is 24.3 Å². The molecule has 0 saturated carbocycles. The van der Waals surface area contributed by atoms with Crippen molar-refractivity contribution >= 4 is 62.5 Å². The molecular formula is C15H10BrCl3N2O3. The summed E-state index contributed by atoms with van der Waals surface area (Å²) < 4.78 is 5.93. The Labute approximate surface area is 161 Å². The summed E-state index contributed by atoms with van der Waals surface area (Å²) in [5.74, 6) is -0.703. The summed E-state index contributed by atoms with van der Waals surface area (Å²) in [6, 6.07) is 9.32. The second-order valence-electron chi connectivity index (χ2n) is 4.49. The smallest absolute Gasteiger partial charge is 0.276 e. The number of amides is 2. The number of rotatable bonds is 4. The zero-order valence-corrected chi connectivity index (χ0v) is 15.8. The number of halogens is 4. The highest BCUT2D eigenvalue weighted by Crippen LogP contribution is 2.27. The van der Waals surface area contributed by atoms with Crippen LogP contribution in [0.5, 0.6) is 5.75 Å². The third-order valence-electron chi connectivity index (χ3n) is 2.74. The number of hydrazine groups is 1. The fourth-order valence-electron chi connectivity index (χ4n) is 1.64. The van der Waals surface area contributed by atoms with Crippen molar-refractivity contribution in [2.45, 2.75) is 0 Å². The van der Waals surface area contributed by atoms with E-state index in [9.17, 15) is 9.59 Å². The van der Waals surface area contributed by atoms with Crippen LogP contribution in [0.1, 0.15) is 10.4 Å². The zero-order chi connectivity index (χ0) is 17.7. The highest BCUT2D eigenvalue weighted by atomic mass is 79.9. The number of carbonyl (C=O) groups is 2. The molecular weight excluding hydrogens is 442 g/mol. The standard InChI is InChI=1S/C15H10BrCl3N2O3/c16-11-6-9(18)2-4-13(11)24-7-14(22)20-21-15(23)10-5-8(17)1-3-12(10)19/h1-6H,7H2,(H,20,22)(H,21,23). The Morgan fingerprint density at radius 2 is 1.67 bits per heavy atom. The van der Waals surface area contributed by atoms with Gasteiger partial charge < -0.3 is 4.74 Å². The van der Waals surface area contributed by atoms with Crippen LogP contribution in [0.15, 0.2) is 40.9 Å².